The van der Waals surface area contributed by atoms with Gasteiger partial charge in [0.15, 0.2) is 5.96 Å². The van der Waals surface area contributed by atoms with Crippen LogP contribution in [0.5, 0.6) is 0 Å². The molecule has 0 aliphatic heterocycles. The van der Waals surface area contributed by atoms with Crippen LogP contribution in [0.1, 0.15) is 29.7 Å². The van der Waals surface area contributed by atoms with Crippen LogP contribution in [-0.4, -0.2) is 17.9 Å². The fourth-order valence-corrected chi connectivity index (χ4v) is 2.47. The van der Waals surface area contributed by atoms with Crippen molar-refractivity contribution in [2.45, 2.75) is 26.4 Å². The number of nitrogens with zero attached hydrogens (tertiary/aromatic N) is 2. The van der Waals surface area contributed by atoms with Crippen LogP contribution in [0, 0.1) is 17.0 Å². The minimum Gasteiger partial charge on any atom is -0.352 e. The molecule has 0 spiro atoms. The highest BCUT2D eigenvalue weighted by atomic mass is 127. The van der Waals surface area contributed by atoms with Crippen molar-refractivity contribution >= 4 is 35.6 Å². The fourth-order valence-electron chi connectivity index (χ4n) is 2.47. The van der Waals surface area contributed by atoms with Crippen LogP contribution in [-0.2, 0) is 6.54 Å². The van der Waals surface area contributed by atoms with Crippen LogP contribution in [0.2, 0.25) is 0 Å². The molecular formula is C18H23IN4O2. The number of aryl methyl sites for hydroxylation is 1. The molecule has 2 N–H and O–H groups in total. The normalized spacial score (nSPS) is 12.0. The van der Waals surface area contributed by atoms with Gasteiger partial charge in [-0.3, -0.25) is 15.1 Å². The maximum absolute atomic E-state index is 10.7. The van der Waals surface area contributed by atoms with Gasteiger partial charge in [-0.15, -0.1) is 24.0 Å². The van der Waals surface area contributed by atoms with Crippen molar-refractivity contribution in [1.82, 2.24) is 10.6 Å². The Kier molecular flexibility index (Phi) is 8.33. The third kappa shape index (κ3) is 6.00. The molecule has 2 aromatic rings. The molecule has 1 atom stereocenters. The highest BCUT2D eigenvalue weighted by Gasteiger charge is 2.10. The summed E-state index contributed by atoms with van der Waals surface area (Å²) in [5, 5.41) is 17.2. The van der Waals surface area contributed by atoms with Crippen LogP contribution < -0.4 is 10.6 Å². The van der Waals surface area contributed by atoms with Gasteiger partial charge in [0.05, 0.1) is 11.0 Å². The molecule has 7 heteroatoms. The monoisotopic (exact) mass is 454 g/mol. The van der Waals surface area contributed by atoms with E-state index >= 15 is 0 Å². The van der Waals surface area contributed by atoms with Gasteiger partial charge in [-0.2, -0.15) is 0 Å². The number of halogens is 1. The lowest BCUT2D eigenvalue weighted by molar-refractivity contribution is -0.384. The highest BCUT2D eigenvalue weighted by Crippen LogP contribution is 2.16. The standard InChI is InChI=1S/C18H22N4O2.HI/c1-13-6-4-5-7-17(13)14(2)21-18(19-3)20-12-15-8-10-16(11-9-15)22(23)24;/h4-11,14H,12H2,1-3H3,(H2,19,20,21);1H. The van der Waals surface area contributed by atoms with Gasteiger partial charge in [0.2, 0.25) is 0 Å². The average molecular weight is 454 g/mol. The number of hydrogen-bond acceptors (Lipinski definition) is 3. The molecule has 0 aliphatic rings. The summed E-state index contributed by atoms with van der Waals surface area (Å²) in [5.74, 6) is 0.684. The van der Waals surface area contributed by atoms with Crippen molar-refractivity contribution in [3.8, 4) is 0 Å². The predicted molar refractivity (Wildman–Crippen MR) is 111 cm³/mol. The van der Waals surface area contributed by atoms with Crippen LogP contribution in [0.4, 0.5) is 5.69 Å². The summed E-state index contributed by atoms with van der Waals surface area (Å²) in [6.45, 7) is 4.71. The van der Waals surface area contributed by atoms with E-state index in [-0.39, 0.29) is 35.7 Å². The first-order chi connectivity index (χ1) is 11.5. The molecular weight excluding hydrogens is 431 g/mol. The number of nitro groups is 1. The number of rotatable bonds is 5. The Bertz CT molecular complexity index is 732. The van der Waals surface area contributed by atoms with Crippen molar-refractivity contribution in [1.29, 1.82) is 0 Å². The first-order valence-electron chi connectivity index (χ1n) is 7.77. The molecule has 0 saturated carbocycles. The van der Waals surface area contributed by atoms with E-state index in [1.807, 2.05) is 12.1 Å². The van der Waals surface area contributed by atoms with Crippen molar-refractivity contribution in [3.05, 3.63) is 75.3 Å². The van der Waals surface area contributed by atoms with E-state index in [0.717, 1.165) is 5.56 Å². The first-order valence-corrected chi connectivity index (χ1v) is 7.77. The van der Waals surface area contributed by atoms with Gasteiger partial charge in [0.25, 0.3) is 5.69 Å². The van der Waals surface area contributed by atoms with Crippen LogP contribution in [0.25, 0.3) is 0 Å². The number of guanidine groups is 1. The number of aliphatic imine (C=N–C) groups is 1. The molecule has 0 saturated heterocycles. The Balaban J connectivity index is 0.00000312. The minimum absolute atomic E-state index is 0. The number of nitrogens with one attached hydrogen (secondary N) is 2. The molecule has 0 bridgehead atoms. The Hall–Kier alpha value is -2.16. The van der Waals surface area contributed by atoms with Crippen molar-refractivity contribution in [3.63, 3.8) is 0 Å². The number of nitro benzene ring substituents is 1. The molecule has 2 rings (SSSR count). The van der Waals surface area contributed by atoms with Crippen molar-refractivity contribution in [2.24, 2.45) is 4.99 Å². The molecule has 0 radical (unpaired) electrons. The molecule has 2 aromatic carbocycles. The summed E-state index contributed by atoms with van der Waals surface area (Å²) in [6, 6.07) is 14.8. The van der Waals surface area contributed by atoms with E-state index in [2.05, 4.69) is 41.6 Å². The maximum Gasteiger partial charge on any atom is 0.269 e. The van der Waals surface area contributed by atoms with E-state index in [9.17, 15) is 10.1 Å². The van der Waals surface area contributed by atoms with E-state index < -0.39 is 4.92 Å². The molecule has 0 aliphatic carbocycles. The SMILES string of the molecule is CN=C(NCc1ccc([N+](=O)[O-])cc1)NC(C)c1ccccc1C.I. The van der Waals surface area contributed by atoms with E-state index in [4.69, 9.17) is 0 Å². The van der Waals surface area contributed by atoms with Crippen LogP contribution >= 0.6 is 24.0 Å². The van der Waals surface area contributed by atoms with Gasteiger partial charge in [0.1, 0.15) is 0 Å². The van der Waals surface area contributed by atoms with Crippen LogP contribution in [0.15, 0.2) is 53.5 Å². The second kappa shape index (κ2) is 9.97. The lowest BCUT2D eigenvalue weighted by Crippen LogP contribution is -2.38. The zero-order valence-corrected chi connectivity index (χ0v) is 16.9. The smallest absolute Gasteiger partial charge is 0.269 e. The lowest BCUT2D eigenvalue weighted by atomic mass is 10.0. The van der Waals surface area contributed by atoms with Crippen molar-refractivity contribution < 1.29 is 4.92 Å². The zero-order valence-electron chi connectivity index (χ0n) is 14.5. The molecule has 0 fully saturated rings. The topological polar surface area (TPSA) is 79.6 Å². The number of benzene rings is 2. The van der Waals surface area contributed by atoms with E-state index in [1.54, 1.807) is 19.2 Å². The van der Waals surface area contributed by atoms with E-state index in [1.165, 1.54) is 23.3 Å². The summed E-state index contributed by atoms with van der Waals surface area (Å²) in [4.78, 5) is 14.5. The van der Waals surface area contributed by atoms with Gasteiger partial charge < -0.3 is 10.6 Å². The number of hydrogen-bond donors (Lipinski definition) is 2. The van der Waals surface area contributed by atoms with Crippen molar-refractivity contribution in [2.75, 3.05) is 7.05 Å². The third-order valence-corrected chi connectivity index (χ3v) is 3.84. The summed E-state index contributed by atoms with van der Waals surface area (Å²) in [5.41, 5.74) is 3.49. The fraction of sp³-hybridized carbons (Fsp3) is 0.278. The van der Waals surface area contributed by atoms with Gasteiger partial charge in [0, 0.05) is 25.7 Å². The van der Waals surface area contributed by atoms with Gasteiger partial charge in [-0.05, 0) is 30.5 Å². The molecule has 6 nitrogen and oxygen atoms in total. The Labute approximate surface area is 164 Å². The molecule has 0 heterocycles. The largest absolute Gasteiger partial charge is 0.352 e. The third-order valence-electron chi connectivity index (χ3n) is 3.84. The predicted octanol–water partition coefficient (Wildman–Crippen LogP) is 3.95. The highest BCUT2D eigenvalue weighted by molar-refractivity contribution is 14.0. The first kappa shape index (κ1) is 20.9. The Morgan fingerprint density at radius 2 is 1.84 bits per heavy atom. The summed E-state index contributed by atoms with van der Waals surface area (Å²) in [6.07, 6.45) is 0. The van der Waals surface area contributed by atoms with Gasteiger partial charge >= 0.3 is 0 Å². The second-order valence-corrected chi connectivity index (χ2v) is 5.57. The Morgan fingerprint density at radius 1 is 1.20 bits per heavy atom. The average Bonchev–Trinajstić information content (AvgIpc) is 2.59. The van der Waals surface area contributed by atoms with Crippen LogP contribution in [0.3, 0.4) is 0 Å². The second-order valence-electron chi connectivity index (χ2n) is 5.57. The molecule has 25 heavy (non-hydrogen) atoms. The summed E-state index contributed by atoms with van der Waals surface area (Å²) < 4.78 is 0. The lowest BCUT2D eigenvalue weighted by Gasteiger charge is -2.19. The molecule has 0 aromatic heterocycles. The quantitative estimate of drug-likeness (QED) is 0.236. The number of non-ortho nitro benzene ring substituents is 1. The summed E-state index contributed by atoms with van der Waals surface area (Å²) >= 11 is 0. The van der Waals surface area contributed by atoms with Gasteiger partial charge in [-0.25, -0.2) is 0 Å². The molecule has 134 valence electrons. The summed E-state index contributed by atoms with van der Waals surface area (Å²) in [7, 11) is 1.72. The zero-order chi connectivity index (χ0) is 17.5. The molecule has 1 unspecified atom stereocenters. The van der Waals surface area contributed by atoms with E-state index in [0.29, 0.717) is 12.5 Å². The Morgan fingerprint density at radius 3 is 2.40 bits per heavy atom. The maximum atomic E-state index is 10.7. The molecule has 0 amide bonds. The van der Waals surface area contributed by atoms with Gasteiger partial charge in [-0.1, -0.05) is 36.4 Å². The minimum atomic E-state index is -0.401.